The van der Waals surface area contributed by atoms with Crippen LogP contribution in [0.2, 0.25) is 0 Å². The fourth-order valence-corrected chi connectivity index (χ4v) is 0. The molecular formula is H3N4. The first-order chi connectivity index (χ1) is 0. The van der Waals surface area contributed by atoms with E-state index in [1.165, 1.54) is 0 Å². The standard InChI is InChI=1S/H3N.3N/h1H3;;;. The number of hydrogen-bond donors (Lipinski definition) is 1. The largest absolute Gasteiger partial charge is 0.344 e. The minimum Gasteiger partial charge on any atom is -0.344 e. The summed E-state index contributed by atoms with van der Waals surface area (Å²) in [6.07, 6.45) is 0. The van der Waals surface area contributed by atoms with Gasteiger partial charge >= 0.3 is 0 Å². The average Bonchev–Trinajstić information content (AvgIpc) is 0. The van der Waals surface area contributed by atoms with Crippen LogP contribution >= 0.6 is 0 Å². The molecule has 0 amide bonds. The van der Waals surface area contributed by atoms with Crippen LogP contribution < -0.4 is 24.6 Å². The van der Waals surface area contributed by atoms with Gasteiger partial charge in [0.05, 0.1) is 0 Å². The SMILES string of the molecule is N.[N].[N].[N]. The van der Waals surface area contributed by atoms with Gasteiger partial charge in [-0.15, -0.1) is 0 Å². The van der Waals surface area contributed by atoms with Crippen LogP contribution in [0.3, 0.4) is 0 Å². The molecule has 0 rings (SSSR count). The molecule has 0 bridgehead atoms. The molecule has 9 radical (unpaired) electrons. The maximum Gasteiger partial charge on any atom is 0 e. The Morgan fingerprint density at radius 3 is 0.500 bits per heavy atom. The molecule has 4 nitrogen and oxygen atoms in total. The van der Waals surface area contributed by atoms with Crippen molar-refractivity contribution in [1.29, 1.82) is 0 Å². The van der Waals surface area contributed by atoms with Gasteiger partial charge in [-0.3, -0.25) is 0 Å². The van der Waals surface area contributed by atoms with Crippen LogP contribution in [-0.4, -0.2) is 0 Å². The van der Waals surface area contributed by atoms with Crippen molar-refractivity contribution in [2.45, 2.75) is 0 Å². The molecule has 0 heterocycles. The molecule has 0 aromatic carbocycles. The van der Waals surface area contributed by atoms with Gasteiger partial charge in [-0.1, -0.05) is 0 Å². The molecule has 0 atom stereocenters. The van der Waals surface area contributed by atoms with Crippen LogP contribution in [0.25, 0.3) is 0 Å². The van der Waals surface area contributed by atoms with E-state index in [0.717, 1.165) is 0 Å². The lowest BCUT2D eigenvalue weighted by Crippen LogP contribution is -0.482. The lowest BCUT2D eigenvalue weighted by Gasteiger charge is -0.344. The van der Waals surface area contributed by atoms with E-state index in [9.17, 15) is 0 Å². The predicted molar refractivity (Wildman–Crippen MR) is 11.4 cm³/mol. The topological polar surface area (TPSA) is 126 Å². The summed E-state index contributed by atoms with van der Waals surface area (Å²) in [5.41, 5.74) is 0. The second-order valence-electron chi connectivity index (χ2n) is 0. The highest BCUT2D eigenvalue weighted by Crippen LogP contribution is -0.478. The highest BCUT2D eigenvalue weighted by molar-refractivity contribution is 2.14. The van der Waals surface area contributed by atoms with E-state index >= 15 is 0 Å². The molecule has 4 heavy (non-hydrogen) atoms. The van der Waals surface area contributed by atoms with Crippen molar-refractivity contribution >= 4 is 0 Å². The maximum atomic E-state index is 0. The van der Waals surface area contributed by atoms with Crippen LogP contribution in [0.4, 0.5) is 0 Å². The summed E-state index contributed by atoms with van der Waals surface area (Å²) >= 11 is 0. The molecule has 0 fully saturated rings. The van der Waals surface area contributed by atoms with Gasteiger partial charge < -0.3 is 6.15 Å². The molecule has 0 saturated carbocycles. The Morgan fingerprint density at radius 2 is 0.500 bits per heavy atom. The van der Waals surface area contributed by atoms with Gasteiger partial charge in [-0.25, -0.2) is 0 Å². The van der Waals surface area contributed by atoms with Crippen molar-refractivity contribution in [3.8, 4) is 0 Å². The Morgan fingerprint density at radius 1 is 0.500 bits per heavy atom. The van der Waals surface area contributed by atoms with Crippen molar-refractivity contribution in [2.24, 2.45) is 0 Å². The Kier molecular flexibility index (Phi) is 114000. The van der Waals surface area contributed by atoms with Gasteiger partial charge in [0.1, 0.15) is 0 Å². The van der Waals surface area contributed by atoms with Gasteiger partial charge in [0.2, 0.25) is 0 Å². The van der Waals surface area contributed by atoms with Crippen molar-refractivity contribution in [2.75, 3.05) is 0 Å². The first-order valence-electron chi connectivity index (χ1n) is 0. The van der Waals surface area contributed by atoms with E-state index < -0.39 is 0 Å². The van der Waals surface area contributed by atoms with Crippen molar-refractivity contribution in [3.63, 3.8) is 0 Å². The van der Waals surface area contributed by atoms with Gasteiger partial charge in [0.15, 0.2) is 0 Å². The third-order valence-corrected chi connectivity index (χ3v) is 0. The molecular weight excluding hydrogens is 56.0 g/mol. The normalized spacial score (nSPS) is 0. The first kappa shape index (κ1) is 1210. The highest BCUT2D eigenvalue weighted by Gasteiger charge is 0.00201. The van der Waals surface area contributed by atoms with Crippen LogP contribution in [0.15, 0.2) is 0 Å². The molecule has 0 aromatic heterocycles. The molecule has 0 saturated heterocycles. The minimum atomic E-state index is 0. The fourth-order valence-electron chi connectivity index (χ4n) is 0. The Bertz CT molecular complexity index is 0. The van der Waals surface area contributed by atoms with Crippen LogP contribution in [-0.2, 0) is 0 Å². The average molecular weight is 59.1 g/mol. The Balaban J connectivity index is 0. The molecule has 0 aliphatic rings. The second kappa shape index (κ2) is 376. The monoisotopic (exact) mass is 59.0 g/mol. The molecule has 23 valence electrons. The molecule has 0 spiro atoms. The first-order valence-corrected chi connectivity index (χ1v) is 0. The number of nitrogens with zero attached hydrogens (tertiary/aromatic N) is 3. The summed E-state index contributed by atoms with van der Waals surface area (Å²) in [6, 6.07) is 0. The summed E-state index contributed by atoms with van der Waals surface area (Å²) in [6.45, 7) is 0. The van der Waals surface area contributed by atoms with Gasteiger partial charge in [-0.2, -0.15) is 0 Å². The van der Waals surface area contributed by atoms with E-state index in [-0.39, 0.29) is 24.6 Å². The maximum absolute atomic E-state index is 0. The van der Waals surface area contributed by atoms with Crippen LogP contribution in [0.1, 0.15) is 0 Å². The zero-order chi connectivity index (χ0) is 0. The van der Waals surface area contributed by atoms with Gasteiger partial charge in [-0.05, 0) is 0 Å². The van der Waals surface area contributed by atoms with Crippen molar-refractivity contribution < 1.29 is 0 Å². The van der Waals surface area contributed by atoms with Crippen molar-refractivity contribution in [3.05, 3.63) is 0 Å². The third-order valence-electron chi connectivity index (χ3n) is 0. The van der Waals surface area contributed by atoms with E-state index in [1.807, 2.05) is 0 Å². The predicted octanol–water partition coefficient (Wildman–Crippen LogP) is -1.28. The lowest BCUT2D eigenvalue weighted by atomic mass is 14.0. The number of rotatable bonds is 0. The molecule has 4 heteroatoms. The number of hydrogen-bond acceptors (Lipinski definition) is 1. The van der Waals surface area contributed by atoms with Gasteiger partial charge in [0, 0.05) is 18.5 Å². The minimum absolute atomic E-state index is 0. The summed E-state index contributed by atoms with van der Waals surface area (Å²) in [4.78, 5) is 0. The summed E-state index contributed by atoms with van der Waals surface area (Å²) < 4.78 is 0. The van der Waals surface area contributed by atoms with E-state index in [1.54, 1.807) is 0 Å². The second-order valence-corrected chi connectivity index (χ2v) is 0. The van der Waals surface area contributed by atoms with Crippen LogP contribution in [0.5, 0.6) is 0 Å². The van der Waals surface area contributed by atoms with Gasteiger partial charge in [0.25, 0.3) is 0 Å². The zero-order valence-electron chi connectivity index (χ0n) is 2.05. The third kappa shape index (κ3) is 50.7. The van der Waals surface area contributed by atoms with E-state index in [4.69, 9.17) is 0 Å². The summed E-state index contributed by atoms with van der Waals surface area (Å²) in [5, 5.41) is 0. The van der Waals surface area contributed by atoms with E-state index in [2.05, 4.69) is 0 Å². The Labute approximate surface area is 25.9 Å². The zero-order valence-corrected chi connectivity index (χ0v) is 2.05. The smallest absolute Gasteiger partial charge is 0 e. The van der Waals surface area contributed by atoms with Crippen LogP contribution in [0, 0.1) is 0 Å². The quantitative estimate of drug-likeness (QED) is 0.366. The molecule has 0 aromatic rings. The van der Waals surface area contributed by atoms with E-state index in [0.29, 0.717) is 0 Å². The Hall–Kier alpha value is -0.160. The summed E-state index contributed by atoms with van der Waals surface area (Å²) in [7, 11) is 0. The molecule has 0 aliphatic carbocycles. The summed E-state index contributed by atoms with van der Waals surface area (Å²) in [5.74, 6) is 0. The molecule has 0 unspecified atom stereocenters. The molecule has 0 aliphatic heterocycles. The fraction of sp³-hybridized carbons (Fsp3) is 0. The highest BCUT2D eigenvalue weighted by atomic mass is 14.0. The molecule has 3 N–H and O–H groups in total. The lowest BCUT2D eigenvalue weighted by molar-refractivity contribution is 2.13. The van der Waals surface area contributed by atoms with Crippen molar-refractivity contribution in [1.82, 2.24) is 24.6 Å².